The molecule has 1 unspecified atom stereocenters. The Bertz CT molecular complexity index is 1150. The molecule has 0 spiro atoms. The highest BCUT2D eigenvalue weighted by atomic mass is 19.2. The molecule has 0 bridgehead atoms. The number of hydrogen-bond donors (Lipinski definition) is 2. The molecule has 0 radical (unpaired) electrons. The van der Waals surface area contributed by atoms with Crippen LogP contribution in [0.3, 0.4) is 0 Å². The number of aromatic hydroxyl groups is 1. The number of halogens is 3. The van der Waals surface area contributed by atoms with E-state index in [0.717, 1.165) is 35.3 Å². The van der Waals surface area contributed by atoms with Crippen molar-refractivity contribution in [2.45, 2.75) is 39.0 Å². The topological polar surface area (TPSA) is 85.3 Å². The Labute approximate surface area is 170 Å². The Balaban J connectivity index is 2.32. The molecule has 3 aromatic rings. The smallest absolute Gasteiger partial charge is 0.262 e. The highest BCUT2D eigenvalue weighted by molar-refractivity contribution is 6.05. The van der Waals surface area contributed by atoms with Crippen molar-refractivity contribution >= 4 is 22.7 Å². The molecule has 0 aliphatic heterocycles. The first kappa shape index (κ1) is 21.4. The summed E-state index contributed by atoms with van der Waals surface area (Å²) < 4.78 is 43.0. The van der Waals surface area contributed by atoms with E-state index in [4.69, 9.17) is 5.73 Å². The molecule has 0 aliphatic rings. The van der Waals surface area contributed by atoms with Crippen molar-refractivity contribution in [3.63, 3.8) is 0 Å². The summed E-state index contributed by atoms with van der Waals surface area (Å²) in [4.78, 5) is 25.3. The van der Waals surface area contributed by atoms with Gasteiger partial charge >= 0.3 is 0 Å². The van der Waals surface area contributed by atoms with Gasteiger partial charge in [-0.2, -0.15) is 0 Å². The molecule has 158 valence electrons. The number of nitrogens with zero attached hydrogens (tertiary/aromatic N) is 1. The SMILES string of the molecule is CCCCC(C(N)=O)c1c(C)n(C(=O)c2ccc(F)c(F)c2)c2ccc(O)c(F)c12. The number of primary amides is 1. The van der Waals surface area contributed by atoms with Gasteiger partial charge in [0.2, 0.25) is 5.91 Å². The standard InChI is InChI=1S/C22H21F3N2O3/c1-3-4-5-13(21(26)29)18-11(2)27(16-8-9-17(28)20(25)19(16)18)22(30)12-6-7-14(23)15(24)10-12/h6-10,13,28H,3-5H2,1-2H3,(H2,26,29). The molecule has 1 amide bonds. The molecule has 0 aliphatic carbocycles. The molecule has 0 saturated heterocycles. The second-order valence-corrected chi connectivity index (χ2v) is 7.16. The number of benzene rings is 2. The first-order valence-electron chi connectivity index (χ1n) is 9.50. The van der Waals surface area contributed by atoms with E-state index in [9.17, 15) is 27.9 Å². The Morgan fingerprint density at radius 1 is 1.13 bits per heavy atom. The molecular formula is C22H21F3N2O3. The number of carbonyl (C=O) groups is 2. The normalized spacial score (nSPS) is 12.3. The lowest BCUT2D eigenvalue weighted by atomic mass is 9.90. The van der Waals surface area contributed by atoms with Crippen molar-refractivity contribution < 1.29 is 27.9 Å². The van der Waals surface area contributed by atoms with Gasteiger partial charge in [0.05, 0.1) is 11.4 Å². The number of hydrogen-bond acceptors (Lipinski definition) is 3. The Kier molecular flexibility index (Phi) is 5.87. The van der Waals surface area contributed by atoms with Crippen LogP contribution in [0.4, 0.5) is 13.2 Å². The molecule has 0 fully saturated rings. The molecule has 1 aromatic heterocycles. The molecule has 8 heteroatoms. The van der Waals surface area contributed by atoms with Crippen LogP contribution in [0.1, 0.15) is 53.7 Å². The Morgan fingerprint density at radius 2 is 1.83 bits per heavy atom. The lowest BCUT2D eigenvalue weighted by Crippen LogP contribution is -2.23. The number of amides is 1. The third kappa shape index (κ3) is 3.53. The average Bonchev–Trinajstić information content (AvgIpc) is 2.99. The number of nitrogens with two attached hydrogens (primary N) is 1. The van der Waals surface area contributed by atoms with E-state index >= 15 is 0 Å². The second-order valence-electron chi connectivity index (χ2n) is 7.16. The lowest BCUT2D eigenvalue weighted by Gasteiger charge is -2.15. The zero-order valence-electron chi connectivity index (χ0n) is 16.5. The van der Waals surface area contributed by atoms with Crippen molar-refractivity contribution in [1.29, 1.82) is 0 Å². The van der Waals surface area contributed by atoms with Gasteiger partial charge in [0.25, 0.3) is 5.91 Å². The summed E-state index contributed by atoms with van der Waals surface area (Å²) in [5.74, 6) is -6.23. The van der Waals surface area contributed by atoms with E-state index < -0.39 is 40.9 Å². The third-order valence-corrected chi connectivity index (χ3v) is 5.24. The monoisotopic (exact) mass is 418 g/mol. The predicted molar refractivity (Wildman–Crippen MR) is 106 cm³/mol. The summed E-state index contributed by atoms with van der Waals surface area (Å²) in [6.45, 7) is 3.44. The van der Waals surface area contributed by atoms with E-state index in [1.165, 1.54) is 13.0 Å². The van der Waals surface area contributed by atoms with Crippen LogP contribution in [0.25, 0.3) is 10.9 Å². The van der Waals surface area contributed by atoms with Gasteiger partial charge < -0.3 is 10.8 Å². The molecule has 30 heavy (non-hydrogen) atoms. The molecule has 0 saturated carbocycles. The molecule has 1 heterocycles. The largest absolute Gasteiger partial charge is 0.505 e. The molecule has 5 nitrogen and oxygen atoms in total. The maximum absolute atomic E-state index is 14.9. The molecule has 1 atom stereocenters. The first-order chi connectivity index (χ1) is 14.2. The van der Waals surface area contributed by atoms with Gasteiger partial charge in [-0.3, -0.25) is 14.2 Å². The minimum atomic E-state index is -1.20. The summed E-state index contributed by atoms with van der Waals surface area (Å²) in [5.41, 5.74) is 5.96. The Morgan fingerprint density at radius 3 is 2.43 bits per heavy atom. The van der Waals surface area contributed by atoms with Crippen LogP contribution in [-0.4, -0.2) is 21.5 Å². The maximum atomic E-state index is 14.9. The van der Waals surface area contributed by atoms with E-state index in [0.29, 0.717) is 12.8 Å². The Hall–Kier alpha value is -3.29. The van der Waals surface area contributed by atoms with Crippen LogP contribution in [0.2, 0.25) is 0 Å². The summed E-state index contributed by atoms with van der Waals surface area (Å²) in [5, 5.41) is 9.79. The van der Waals surface area contributed by atoms with Crippen LogP contribution in [0.5, 0.6) is 5.75 Å². The summed E-state index contributed by atoms with van der Waals surface area (Å²) in [6.07, 6.45) is 1.74. The van der Waals surface area contributed by atoms with Crippen LogP contribution in [-0.2, 0) is 4.79 Å². The zero-order valence-corrected chi connectivity index (χ0v) is 16.5. The van der Waals surface area contributed by atoms with E-state index in [-0.39, 0.29) is 27.7 Å². The van der Waals surface area contributed by atoms with Gasteiger partial charge in [-0.15, -0.1) is 0 Å². The fourth-order valence-corrected chi connectivity index (χ4v) is 3.76. The minimum absolute atomic E-state index is 0.0929. The summed E-state index contributed by atoms with van der Waals surface area (Å²) >= 11 is 0. The fourth-order valence-electron chi connectivity index (χ4n) is 3.76. The van der Waals surface area contributed by atoms with Gasteiger partial charge in [-0.05, 0) is 49.2 Å². The van der Waals surface area contributed by atoms with Crippen molar-refractivity contribution in [2.24, 2.45) is 5.73 Å². The maximum Gasteiger partial charge on any atom is 0.262 e. The van der Waals surface area contributed by atoms with Crippen LogP contribution in [0, 0.1) is 24.4 Å². The molecular weight excluding hydrogens is 397 g/mol. The number of carbonyl (C=O) groups excluding carboxylic acids is 2. The minimum Gasteiger partial charge on any atom is -0.505 e. The van der Waals surface area contributed by atoms with Gasteiger partial charge in [0, 0.05) is 16.6 Å². The number of aromatic nitrogens is 1. The fraction of sp³-hybridized carbons (Fsp3) is 0.273. The first-order valence-corrected chi connectivity index (χ1v) is 9.50. The van der Waals surface area contributed by atoms with Crippen molar-refractivity contribution in [1.82, 2.24) is 4.57 Å². The summed E-state index contributed by atoms with van der Waals surface area (Å²) in [6, 6.07) is 5.11. The van der Waals surface area contributed by atoms with Crippen LogP contribution >= 0.6 is 0 Å². The quantitative estimate of drug-likeness (QED) is 0.617. The number of phenols is 1. The van der Waals surface area contributed by atoms with Gasteiger partial charge in [0.1, 0.15) is 0 Å². The highest BCUT2D eigenvalue weighted by Crippen LogP contribution is 2.38. The highest BCUT2D eigenvalue weighted by Gasteiger charge is 2.30. The number of unbranched alkanes of at least 4 members (excludes halogenated alkanes) is 1. The number of rotatable bonds is 6. The second kappa shape index (κ2) is 8.22. The lowest BCUT2D eigenvalue weighted by molar-refractivity contribution is -0.119. The van der Waals surface area contributed by atoms with E-state index in [1.807, 2.05) is 6.92 Å². The van der Waals surface area contributed by atoms with Gasteiger partial charge in [0.15, 0.2) is 23.2 Å². The van der Waals surface area contributed by atoms with Crippen molar-refractivity contribution in [3.8, 4) is 5.75 Å². The zero-order chi connectivity index (χ0) is 22.2. The average molecular weight is 418 g/mol. The third-order valence-electron chi connectivity index (χ3n) is 5.24. The van der Waals surface area contributed by atoms with Gasteiger partial charge in [-0.25, -0.2) is 13.2 Å². The molecule has 3 rings (SSSR count). The van der Waals surface area contributed by atoms with E-state index in [1.54, 1.807) is 0 Å². The molecule has 2 aromatic carbocycles. The van der Waals surface area contributed by atoms with E-state index in [2.05, 4.69) is 0 Å². The predicted octanol–water partition coefficient (Wildman–Crippen LogP) is 4.52. The van der Waals surface area contributed by atoms with Crippen LogP contribution < -0.4 is 5.73 Å². The van der Waals surface area contributed by atoms with Crippen molar-refractivity contribution in [2.75, 3.05) is 0 Å². The number of phenolic OH excluding ortho intramolecular Hbond substituents is 1. The van der Waals surface area contributed by atoms with Crippen LogP contribution in [0.15, 0.2) is 30.3 Å². The summed E-state index contributed by atoms with van der Waals surface area (Å²) in [7, 11) is 0. The molecule has 3 N–H and O–H groups in total. The van der Waals surface area contributed by atoms with Gasteiger partial charge in [-0.1, -0.05) is 19.8 Å². The number of fused-ring (bicyclic) bond motifs is 1. The van der Waals surface area contributed by atoms with Crippen molar-refractivity contribution in [3.05, 3.63) is 64.6 Å².